The standard InChI is InChI=1S/C33H45BrN2O6/c1-7-10-11-12-17-41-32(40)25-26-30(38)36(24(19-37)20(4)9-3)29(33(26)18-23(34)28(25)42-33)31(39)35(16-8-2)27-21(5)14-13-15-22(27)6/h7-8,13-15,20,23-26,28-29,37H,1-2,9-12,16-19H2,3-6H3/t20-,23?,24-,25-,26-,28-,29?,33?/m0/s1. The van der Waals surface area contributed by atoms with Crippen LogP contribution in [-0.2, 0) is 23.9 Å². The Bertz CT molecular complexity index is 1180. The molecule has 0 radical (unpaired) electrons. The molecule has 3 heterocycles. The number of ether oxygens (including phenoxy) is 2. The maximum Gasteiger partial charge on any atom is 0.312 e. The van der Waals surface area contributed by atoms with Crippen LogP contribution in [0, 0.1) is 31.6 Å². The molecule has 3 aliphatic heterocycles. The van der Waals surface area contributed by atoms with Gasteiger partial charge in [0.05, 0.1) is 37.2 Å². The number of carbonyl (C=O) groups excluding carboxylic acids is 3. The number of benzene rings is 1. The fourth-order valence-corrected chi connectivity index (χ4v) is 8.19. The molecule has 8 atom stereocenters. The number of rotatable bonds is 14. The smallest absolute Gasteiger partial charge is 0.312 e. The summed E-state index contributed by atoms with van der Waals surface area (Å²) < 4.78 is 12.4. The lowest BCUT2D eigenvalue weighted by molar-refractivity contribution is -0.156. The Labute approximate surface area is 258 Å². The Kier molecular flexibility index (Phi) is 10.4. The molecule has 1 spiro atoms. The lowest BCUT2D eigenvalue weighted by Gasteiger charge is -2.41. The Morgan fingerprint density at radius 1 is 1.26 bits per heavy atom. The Balaban J connectivity index is 1.80. The van der Waals surface area contributed by atoms with Gasteiger partial charge in [0.25, 0.3) is 5.91 Å². The first-order valence-electron chi connectivity index (χ1n) is 15.1. The molecule has 0 aromatic heterocycles. The molecular formula is C33H45BrN2O6. The van der Waals surface area contributed by atoms with Gasteiger partial charge in [0.1, 0.15) is 11.6 Å². The topological polar surface area (TPSA) is 96.4 Å². The number of amides is 2. The molecule has 8 nitrogen and oxygen atoms in total. The highest BCUT2D eigenvalue weighted by atomic mass is 79.9. The van der Waals surface area contributed by atoms with Crippen LogP contribution in [-0.4, -0.2) is 76.2 Å². The predicted molar refractivity (Wildman–Crippen MR) is 166 cm³/mol. The van der Waals surface area contributed by atoms with Crippen LogP contribution >= 0.6 is 15.9 Å². The highest BCUT2D eigenvalue weighted by Crippen LogP contribution is 2.61. The molecule has 3 fully saturated rings. The fraction of sp³-hybridized carbons (Fsp3) is 0.606. The van der Waals surface area contributed by atoms with Gasteiger partial charge in [0, 0.05) is 17.1 Å². The number of hydrogen-bond acceptors (Lipinski definition) is 6. The fourth-order valence-electron chi connectivity index (χ4n) is 7.25. The summed E-state index contributed by atoms with van der Waals surface area (Å²) in [5, 5.41) is 10.6. The number of unbranched alkanes of at least 4 members (excludes halogenated alkanes) is 2. The number of halogens is 1. The zero-order valence-electron chi connectivity index (χ0n) is 25.3. The van der Waals surface area contributed by atoms with Gasteiger partial charge in [-0.1, -0.05) is 66.5 Å². The molecule has 4 rings (SSSR count). The molecule has 0 aliphatic carbocycles. The van der Waals surface area contributed by atoms with Crippen LogP contribution < -0.4 is 4.90 Å². The number of esters is 1. The van der Waals surface area contributed by atoms with Crippen molar-refractivity contribution >= 4 is 39.4 Å². The van der Waals surface area contributed by atoms with E-state index in [1.807, 2.05) is 52.0 Å². The second-order valence-electron chi connectivity index (χ2n) is 12.0. The number of alkyl halides is 1. The number of likely N-dealkylation sites (tertiary alicyclic amines) is 1. The van der Waals surface area contributed by atoms with Gasteiger partial charge in [-0.2, -0.15) is 0 Å². The van der Waals surface area contributed by atoms with Crippen LogP contribution in [0.15, 0.2) is 43.5 Å². The van der Waals surface area contributed by atoms with Crippen molar-refractivity contribution in [3.63, 3.8) is 0 Å². The Morgan fingerprint density at radius 3 is 2.55 bits per heavy atom. The van der Waals surface area contributed by atoms with Gasteiger partial charge < -0.3 is 24.4 Å². The number of aliphatic hydroxyl groups excluding tert-OH is 1. The predicted octanol–water partition coefficient (Wildman–Crippen LogP) is 4.88. The molecule has 2 bridgehead atoms. The van der Waals surface area contributed by atoms with Gasteiger partial charge in [0.15, 0.2) is 0 Å². The number of allylic oxidation sites excluding steroid dienone is 1. The third-order valence-electron chi connectivity index (χ3n) is 9.41. The van der Waals surface area contributed by atoms with Crippen LogP contribution in [0.3, 0.4) is 0 Å². The number of aryl methyl sites for hydroxylation is 2. The minimum atomic E-state index is -1.24. The minimum absolute atomic E-state index is 0.0928. The van der Waals surface area contributed by atoms with Crippen LogP contribution in [0.2, 0.25) is 0 Å². The van der Waals surface area contributed by atoms with Crippen molar-refractivity contribution in [2.45, 2.75) is 88.4 Å². The third-order valence-corrected chi connectivity index (χ3v) is 10.3. The van der Waals surface area contributed by atoms with E-state index >= 15 is 0 Å². The molecule has 9 heteroatoms. The van der Waals surface area contributed by atoms with Crippen molar-refractivity contribution in [1.29, 1.82) is 0 Å². The van der Waals surface area contributed by atoms with Crippen LogP contribution in [0.25, 0.3) is 0 Å². The van der Waals surface area contributed by atoms with Crippen LogP contribution in [0.1, 0.15) is 57.1 Å². The molecule has 230 valence electrons. The summed E-state index contributed by atoms with van der Waals surface area (Å²) in [6.07, 6.45) is 6.36. The first-order chi connectivity index (χ1) is 20.1. The molecule has 0 saturated carbocycles. The second kappa shape index (κ2) is 13.4. The lowest BCUT2D eigenvalue weighted by atomic mass is 9.70. The summed E-state index contributed by atoms with van der Waals surface area (Å²) in [6.45, 7) is 15.7. The molecule has 1 aromatic carbocycles. The quantitative estimate of drug-likeness (QED) is 0.134. The Morgan fingerprint density at radius 2 is 1.95 bits per heavy atom. The molecule has 3 unspecified atom stereocenters. The van der Waals surface area contributed by atoms with E-state index < -0.39 is 41.6 Å². The summed E-state index contributed by atoms with van der Waals surface area (Å²) in [4.78, 5) is 46.0. The lowest BCUT2D eigenvalue weighted by Crippen LogP contribution is -2.60. The molecule has 3 aliphatic rings. The van der Waals surface area contributed by atoms with E-state index in [4.69, 9.17) is 9.47 Å². The number of anilines is 1. The first kappa shape index (κ1) is 32.4. The summed E-state index contributed by atoms with van der Waals surface area (Å²) >= 11 is 3.72. The van der Waals surface area contributed by atoms with Gasteiger partial charge in [-0.05, 0) is 56.6 Å². The van der Waals surface area contributed by atoms with E-state index in [2.05, 4.69) is 29.1 Å². The molecule has 2 amide bonds. The van der Waals surface area contributed by atoms with Gasteiger partial charge in [-0.3, -0.25) is 14.4 Å². The maximum absolute atomic E-state index is 14.9. The molecular weight excluding hydrogens is 600 g/mol. The molecule has 1 N–H and O–H groups in total. The highest BCUT2D eigenvalue weighted by Gasteiger charge is 2.77. The van der Waals surface area contributed by atoms with E-state index in [1.54, 1.807) is 15.9 Å². The Hall–Kier alpha value is -2.49. The number of para-hydroxylation sites is 1. The third kappa shape index (κ3) is 5.48. The average molecular weight is 646 g/mol. The van der Waals surface area contributed by atoms with Crippen molar-refractivity contribution < 1.29 is 29.0 Å². The van der Waals surface area contributed by atoms with Gasteiger partial charge >= 0.3 is 5.97 Å². The van der Waals surface area contributed by atoms with Crippen molar-refractivity contribution in [3.8, 4) is 0 Å². The van der Waals surface area contributed by atoms with E-state index in [-0.39, 0.29) is 42.3 Å². The highest BCUT2D eigenvalue weighted by molar-refractivity contribution is 9.09. The first-order valence-corrected chi connectivity index (χ1v) is 16.0. The van der Waals surface area contributed by atoms with Crippen molar-refractivity contribution in [3.05, 3.63) is 54.6 Å². The summed E-state index contributed by atoms with van der Waals surface area (Å²) in [6, 6.07) is 4.20. The number of fused-ring (bicyclic) bond motifs is 1. The van der Waals surface area contributed by atoms with Gasteiger partial charge in [-0.15, -0.1) is 13.2 Å². The monoisotopic (exact) mass is 644 g/mol. The van der Waals surface area contributed by atoms with E-state index in [0.29, 0.717) is 19.3 Å². The molecule has 42 heavy (non-hydrogen) atoms. The number of carbonyl (C=O) groups is 3. The minimum Gasteiger partial charge on any atom is -0.465 e. The number of nitrogens with zero attached hydrogens (tertiary/aromatic N) is 2. The second-order valence-corrected chi connectivity index (χ2v) is 13.2. The molecule has 3 saturated heterocycles. The maximum atomic E-state index is 14.9. The van der Waals surface area contributed by atoms with Crippen molar-refractivity contribution in [2.75, 3.05) is 24.7 Å². The van der Waals surface area contributed by atoms with Crippen LogP contribution in [0.5, 0.6) is 0 Å². The summed E-state index contributed by atoms with van der Waals surface area (Å²) in [5.41, 5.74) is 1.36. The zero-order valence-corrected chi connectivity index (χ0v) is 26.8. The van der Waals surface area contributed by atoms with Crippen LogP contribution in [0.4, 0.5) is 5.69 Å². The van der Waals surface area contributed by atoms with Crippen molar-refractivity contribution in [2.24, 2.45) is 17.8 Å². The average Bonchev–Trinajstić information content (AvgIpc) is 3.55. The number of aliphatic hydroxyl groups is 1. The zero-order chi connectivity index (χ0) is 30.8. The van der Waals surface area contributed by atoms with Gasteiger partial charge in [0.2, 0.25) is 5.91 Å². The van der Waals surface area contributed by atoms with E-state index in [1.165, 1.54) is 0 Å². The van der Waals surface area contributed by atoms with E-state index in [0.717, 1.165) is 29.7 Å². The normalized spacial score (nSPS) is 29.2. The largest absolute Gasteiger partial charge is 0.465 e. The summed E-state index contributed by atoms with van der Waals surface area (Å²) in [5.74, 6) is -2.93. The van der Waals surface area contributed by atoms with Crippen molar-refractivity contribution in [1.82, 2.24) is 4.90 Å². The van der Waals surface area contributed by atoms with Gasteiger partial charge in [-0.25, -0.2) is 0 Å². The number of hydrogen-bond donors (Lipinski definition) is 1. The molecule has 1 aromatic rings. The van der Waals surface area contributed by atoms with E-state index in [9.17, 15) is 19.5 Å². The summed E-state index contributed by atoms with van der Waals surface area (Å²) in [7, 11) is 0. The SMILES string of the molecule is C=CCCCCOC(=O)[C@H]1[C@H]2C(=O)N([C@@H](CO)[C@@H](C)CC)C(C(=O)N(CC=C)c3c(C)cccc3C)C23CC(Br)[C@@H]1O3.